The van der Waals surface area contributed by atoms with Gasteiger partial charge < -0.3 is 10.1 Å². The van der Waals surface area contributed by atoms with Crippen LogP contribution in [-0.2, 0) is 15.1 Å². The van der Waals surface area contributed by atoms with Crippen LogP contribution in [0.3, 0.4) is 0 Å². The van der Waals surface area contributed by atoms with Crippen LogP contribution in [0, 0.1) is 0 Å². The van der Waals surface area contributed by atoms with Gasteiger partial charge in [0.15, 0.2) is 0 Å². The number of hydrogen-bond donors (Lipinski definition) is 2. The topological polar surface area (TPSA) is 124 Å². The Hall–Kier alpha value is -2.78. The van der Waals surface area contributed by atoms with Crippen molar-refractivity contribution >= 4 is 17.5 Å². The largest absolute Gasteiger partial charge is 0.462 e. The number of H-pyrrole nitrogens is 1. The van der Waals surface area contributed by atoms with Gasteiger partial charge in [-0.15, -0.1) is 10.2 Å². The maximum Gasteiger partial charge on any atom is 0.343 e. The molecule has 0 aliphatic rings. The number of aromatic amines is 1. The molecule has 22 heavy (non-hydrogen) atoms. The van der Waals surface area contributed by atoms with Gasteiger partial charge in [-0.25, -0.2) is 9.89 Å². The zero-order chi connectivity index (χ0) is 16.2. The minimum Gasteiger partial charge on any atom is -0.462 e. The van der Waals surface area contributed by atoms with E-state index in [1.807, 2.05) is 20.8 Å². The van der Waals surface area contributed by atoms with Gasteiger partial charge in [0.1, 0.15) is 11.9 Å². The first-order chi connectivity index (χ1) is 10.4. The van der Waals surface area contributed by atoms with E-state index >= 15 is 0 Å². The van der Waals surface area contributed by atoms with E-state index in [4.69, 9.17) is 4.74 Å². The summed E-state index contributed by atoms with van der Waals surface area (Å²) in [6.45, 7) is 7.75. The summed E-state index contributed by atoms with van der Waals surface area (Å²) in [7, 11) is 0. The molecule has 0 atom stereocenters. The molecule has 118 valence electrons. The normalized spacial score (nSPS) is 12.3. The summed E-state index contributed by atoms with van der Waals surface area (Å²) in [5.41, 5.74) is -0.197. The third-order valence-electron chi connectivity index (χ3n) is 2.52. The number of carbonyl (C=O) groups is 1. The second kappa shape index (κ2) is 6.33. The number of carbonyl (C=O) groups excluding carboxylic acids is 1. The van der Waals surface area contributed by atoms with Gasteiger partial charge in [0, 0.05) is 6.20 Å². The van der Waals surface area contributed by atoms with E-state index in [1.54, 1.807) is 6.92 Å². The molecule has 0 saturated carbocycles. The molecule has 2 aromatic rings. The van der Waals surface area contributed by atoms with Crippen molar-refractivity contribution in [2.75, 3.05) is 11.9 Å². The third-order valence-corrected chi connectivity index (χ3v) is 2.52. The van der Waals surface area contributed by atoms with Gasteiger partial charge in [0.05, 0.1) is 12.1 Å². The molecular weight excluding hydrogens is 288 g/mol. The fourth-order valence-corrected chi connectivity index (χ4v) is 1.45. The van der Waals surface area contributed by atoms with Crippen molar-refractivity contribution in [1.29, 1.82) is 0 Å². The van der Waals surface area contributed by atoms with Gasteiger partial charge in [0.25, 0.3) is 0 Å². The lowest BCUT2D eigenvalue weighted by Crippen LogP contribution is -2.24. The van der Waals surface area contributed by atoms with Crippen molar-refractivity contribution in [2.24, 2.45) is 0 Å². The maximum atomic E-state index is 12.1. The summed E-state index contributed by atoms with van der Waals surface area (Å²) < 4.78 is 5.01. The van der Waals surface area contributed by atoms with Crippen molar-refractivity contribution < 1.29 is 9.53 Å². The lowest BCUT2D eigenvalue weighted by molar-refractivity contribution is -0.136. The predicted molar refractivity (Wildman–Crippen MR) is 77.4 cm³/mol. The molecular formula is C12H18N8O2. The van der Waals surface area contributed by atoms with Crippen molar-refractivity contribution in [3.8, 4) is 0 Å². The van der Waals surface area contributed by atoms with Crippen LogP contribution in [0.4, 0.5) is 5.95 Å². The van der Waals surface area contributed by atoms with Gasteiger partial charge in [-0.2, -0.15) is 14.9 Å². The third kappa shape index (κ3) is 3.65. The molecule has 0 unspecified atom stereocenters. The van der Waals surface area contributed by atoms with Crippen LogP contribution >= 0.6 is 0 Å². The quantitative estimate of drug-likeness (QED) is 0.606. The highest BCUT2D eigenvalue weighted by Crippen LogP contribution is 2.15. The standard InChI is InChI=1S/C12H18N8O2/c1-5-22-10(21)8(6-13-11-14-7-15-17-11)9-16-19-20(18-9)12(2,3)4/h6-7H,5H2,1-4H3,(H2,13,14,15,17)/b8-6-. The summed E-state index contributed by atoms with van der Waals surface area (Å²) in [4.78, 5) is 17.4. The molecule has 0 radical (unpaired) electrons. The number of hydrogen-bond acceptors (Lipinski definition) is 8. The van der Waals surface area contributed by atoms with Crippen LogP contribution in [0.2, 0.25) is 0 Å². The van der Waals surface area contributed by atoms with Crippen LogP contribution in [0.15, 0.2) is 12.5 Å². The molecule has 0 saturated heterocycles. The zero-order valence-electron chi connectivity index (χ0n) is 12.9. The summed E-state index contributed by atoms with van der Waals surface area (Å²) in [5, 5.41) is 21.2. The Balaban J connectivity index is 2.29. The molecule has 0 fully saturated rings. The predicted octanol–water partition coefficient (Wildman–Crippen LogP) is 0.562. The molecule has 2 rings (SSSR count). The first-order valence-electron chi connectivity index (χ1n) is 6.72. The van der Waals surface area contributed by atoms with Crippen molar-refractivity contribution in [1.82, 2.24) is 35.4 Å². The number of tetrazole rings is 1. The van der Waals surface area contributed by atoms with Crippen LogP contribution in [0.25, 0.3) is 5.57 Å². The van der Waals surface area contributed by atoms with Crippen molar-refractivity contribution in [3.05, 3.63) is 18.4 Å². The number of rotatable bonds is 5. The van der Waals surface area contributed by atoms with E-state index in [0.717, 1.165) is 0 Å². The van der Waals surface area contributed by atoms with Gasteiger partial charge in [-0.3, -0.25) is 0 Å². The average molecular weight is 306 g/mol. The molecule has 0 bridgehead atoms. The Morgan fingerprint density at radius 1 is 1.50 bits per heavy atom. The van der Waals surface area contributed by atoms with Crippen molar-refractivity contribution in [3.63, 3.8) is 0 Å². The van der Waals surface area contributed by atoms with Crippen LogP contribution < -0.4 is 5.32 Å². The molecule has 2 aromatic heterocycles. The molecule has 0 spiro atoms. The van der Waals surface area contributed by atoms with E-state index < -0.39 is 5.97 Å². The lowest BCUT2D eigenvalue weighted by atomic mass is 10.1. The first kappa shape index (κ1) is 15.6. The number of esters is 1. The summed E-state index contributed by atoms with van der Waals surface area (Å²) in [5.74, 6) is -0.00613. The molecule has 0 aliphatic carbocycles. The Labute approximate surface area is 127 Å². The molecule has 2 heterocycles. The highest BCUT2D eigenvalue weighted by atomic mass is 16.5. The second-order valence-corrected chi connectivity index (χ2v) is 5.33. The van der Waals surface area contributed by atoms with E-state index in [9.17, 15) is 4.79 Å². The number of nitrogens with zero attached hydrogens (tertiary/aromatic N) is 6. The fraction of sp³-hybridized carbons (Fsp3) is 0.500. The maximum absolute atomic E-state index is 12.1. The SMILES string of the molecule is CCOC(=O)/C(=C\Nc1ncn[nH]1)c1nnn(C(C)(C)C)n1. The first-order valence-corrected chi connectivity index (χ1v) is 6.72. The van der Waals surface area contributed by atoms with Gasteiger partial charge in [-0.1, -0.05) is 0 Å². The smallest absolute Gasteiger partial charge is 0.343 e. The molecule has 2 N–H and O–H groups in total. The van der Waals surface area contributed by atoms with E-state index in [0.29, 0.717) is 5.95 Å². The Morgan fingerprint density at radius 3 is 2.82 bits per heavy atom. The van der Waals surface area contributed by atoms with E-state index in [-0.39, 0.29) is 23.5 Å². The molecule has 10 heteroatoms. The van der Waals surface area contributed by atoms with Crippen LogP contribution in [0.5, 0.6) is 0 Å². The molecule has 0 aliphatic heterocycles. The Morgan fingerprint density at radius 2 is 2.27 bits per heavy atom. The summed E-state index contributed by atoms with van der Waals surface area (Å²) in [6.07, 6.45) is 2.75. The minimum atomic E-state index is -0.553. The Kier molecular flexibility index (Phi) is 4.49. The fourth-order valence-electron chi connectivity index (χ4n) is 1.45. The van der Waals surface area contributed by atoms with Crippen LogP contribution in [-0.4, -0.2) is 48.0 Å². The number of aromatic nitrogens is 7. The van der Waals surface area contributed by atoms with E-state index in [1.165, 1.54) is 17.3 Å². The number of anilines is 1. The lowest BCUT2D eigenvalue weighted by Gasteiger charge is -2.15. The average Bonchev–Trinajstić information content (AvgIpc) is 3.09. The van der Waals surface area contributed by atoms with Gasteiger partial charge in [-0.05, 0) is 32.9 Å². The van der Waals surface area contributed by atoms with Gasteiger partial charge in [0.2, 0.25) is 11.8 Å². The molecule has 0 amide bonds. The minimum absolute atomic E-state index is 0.147. The monoisotopic (exact) mass is 306 g/mol. The summed E-state index contributed by atoms with van der Waals surface area (Å²) >= 11 is 0. The number of nitrogens with one attached hydrogen (secondary N) is 2. The highest BCUT2D eigenvalue weighted by Gasteiger charge is 2.22. The highest BCUT2D eigenvalue weighted by molar-refractivity contribution is 6.15. The zero-order valence-corrected chi connectivity index (χ0v) is 12.9. The molecule has 0 aromatic carbocycles. The summed E-state index contributed by atoms with van der Waals surface area (Å²) in [6, 6.07) is 0. The van der Waals surface area contributed by atoms with Gasteiger partial charge >= 0.3 is 5.97 Å². The Bertz CT molecular complexity index is 653. The molecule has 10 nitrogen and oxygen atoms in total. The number of ether oxygens (including phenoxy) is 1. The van der Waals surface area contributed by atoms with Crippen LogP contribution in [0.1, 0.15) is 33.5 Å². The second-order valence-electron chi connectivity index (χ2n) is 5.33. The van der Waals surface area contributed by atoms with E-state index in [2.05, 4.69) is 35.9 Å². The van der Waals surface area contributed by atoms with Crippen molar-refractivity contribution in [2.45, 2.75) is 33.2 Å².